The highest BCUT2D eigenvalue weighted by Gasteiger charge is 2.24. The summed E-state index contributed by atoms with van der Waals surface area (Å²) in [6.45, 7) is 9.00. The quantitative estimate of drug-likeness (QED) is 0.344. The van der Waals surface area contributed by atoms with Gasteiger partial charge in [0.1, 0.15) is 5.82 Å². The van der Waals surface area contributed by atoms with Gasteiger partial charge in [0.15, 0.2) is 5.16 Å². The summed E-state index contributed by atoms with van der Waals surface area (Å²) in [5, 5.41) is 10.7. The van der Waals surface area contributed by atoms with Crippen LogP contribution < -0.4 is 4.90 Å². The summed E-state index contributed by atoms with van der Waals surface area (Å²) in [6.07, 6.45) is 0. The predicted octanol–water partition coefficient (Wildman–Crippen LogP) is 5.04. The van der Waals surface area contributed by atoms with Crippen molar-refractivity contribution in [3.8, 4) is 0 Å². The Hall–Kier alpha value is -2.55. The smallest absolute Gasteiger partial charge is 0.228 e. The first-order valence-corrected chi connectivity index (χ1v) is 12.5. The number of halogens is 1. The van der Waals surface area contributed by atoms with E-state index in [1.165, 1.54) is 5.56 Å². The second-order valence-corrected chi connectivity index (χ2v) is 9.81. The van der Waals surface area contributed by atoms with Gasteiger partial charge >= 0.3 is 0 Å². The maximum absolute atomic E-state index is 6.28. The van der Waals surface area contributed by atoms with Crippen molar-refractivity contribution in [3.63, 3.8) is 0 Å². The van der Waals surface area contributed by atoms with Crippen LogP contribution >= 0.6 is 23.4 Å². The molecule has 2 aromatic carbocycles. The molecular formula is C24H27ClN6OS. The number of benzene rings is 2. The molecule has 33 heavy (non-hydrogen) atoms. The van der Waals surface area contributed by atoms with E-state index in [9.17, 15) is 0 Å². The average Bonchev–Trinajstić information content (AvgIpc) is 3.41. The molecular weight excluding hydrogens is 456 g/mol. The van der Waals surface area contributed by atoms with Crippen molar-refractivity contribution in [2.45, 2.75) is 37.3 Å². The molecule has 0 aliphatic carbocycles. The molecule has 0 saturated carbocycles. The number of aromatic nitrogens is 5. The molecule has 0 bridgehead atoms. The minimum Gasteiger partial charge on any atom is -0.378 e. The van der Waals surface area contributed by atoms with E-state index < -0.39 is 0 Å². The standard InChI is InChI=1S/C24H27ClN6OS/c1-3-30-23(29-11-13-32-14-12-29)27-28-24(30)33-17(2)22-26-20-15-19(25)9-10-21(20)31(22)16-18-7-5-4-6-8-18/h4-10,15,17H,3,11-14,16H2,1-2H3. The summed E-state index contributed by atoms with van der Waals surface area (Å²) in [4.78, 5) is 7.24. The van der Waals surface area contributed by atoms with Gasteiger partial charge < -0.3 is 14.2 Å². The van der Waals surface area contributed by atoms with Crippen molar-refractivity contribution in [3.05, 3.63) is 64.9 Å². The van der Waals surface area contributed by atoms with Gasteiger partial charge in [0, 0.05) is 31.2 Å². The second kappa shape index (κ2) is 9.75. The van der Waals surface area contributed by atoms with Gasteiger partial charge in [0.05, 0.1) is 29.5 Å². The fourth-order valence-corrected chi connectivity index (χ4v) is 5.41. The highest BCUT2D eigenvalue weighted by Crippen LogP contribution is 2.37. The van der Waals surface area contributed by atoms with Crippen molar-refractivity contribution >= 4 is 40.3 Å². The highest BCUT2D eigenvalue weighted by atomic mass is 35.5. The molecule has 1 saturated heterocycles. The molecule has 1 atom stereocenters. The summed E-state index contributed by atoms with van der Waals surface area (Å²) in [6, 6.07) is 16.4. The van der Waals surface area contributed by atoms with E-state index in [0.29, 0.717) is 5.02 Å². The molecule has 5 rings (SSSR count). The van der Waals surface area contributed by atoms with Crippen molar-refractivity contribution < 1.29 is 4.74 Å². The molecule has 0 spiro atoms. The SMILES string of the molecule is CCn1c(SC(C)c2nc3cc(Cl)ccc3n2Cc2ccccc2)nnc1N1CCOCC1. The van der Waals surface area contributed by atoms with E-state index in [0.717, 1.165) is 67.4 Å². The van der Waals surface area contributed by atoms with E-state index in [2.05, 4.69) is 68.4 Å². The number of nitrogens with zero attached hydrogens (tertiary/aromatic N) is 6. The fourth-order valence-electron chi connectivity index (χ4n) is 4.22. The lowest BCUT2D eigenvalue weighted by Gasteiger charge is -2.27. The summed E-state index contributed by atoms with van der Waals surface area (Å²) in [5.41, 5.74) is 3.22. The largest absolute Gasteiger partial charge is 0.378 e. The van der Waals surface area contributed by atoms with Gasteiger partial charge in [0.25, 0.3) is 0 Å². The lowest BCUT2D eigenvalue weighted by atomic mass is 10.2. The van der Waals surface area contributed by atoms with Gasteiger partial charge in [-0.1, -0.05) is 53.7 Å². The average molecular weight is 483 g/mol. The van der Waals surface area contributed by atoms with Crippen LogP contribution in [-0.4, -0.2) is 50.6 Å². The maximum atomic E-state index is 6.28. The molecule has 4 aromatic rings. The number of thioether (sulfide) groups is 1. The number of ether oxygens (including phenoxy) is 1. The Morgan fingerprint density at radius 1 is 1.06 bits per heavy atom. The van der Waals surface area contributed by atoms with E-state index in [1.54, 1.807) is 11.8 Å². The lowest BCUT2D eigenvalue weighted by Crippen LogP contribution is -2.38. The van der Waals surface area contributed by atoms with Crippen LogP contribution in [0.5, 0.6) is 0 Å². The molecule has 9 heteroatoms. The Bertz CT molecular complexity index is 1230. The van der Waals surface area contributed by atoms with E-state index in [-0.39, 0.29) is 5.25 Å². The minimum absolute atomic E-state index is 0.0759. The van der Waals surface area contributed by atoms with Gasteiger partial charge in [-0.05, 0) is 37.6 Å². The summed E-state index contributed by atoms with van der Waals surface area (Å²) >= 11 is 7.97. The minimum atomic E-state index is 0.0759. The van der Waals surface area contributed by atoms with Crippen LogP contribution in [0.25, 0.3) is 11.0 Å². The zero-order valence-corrected chi connectivity index (χ0v) is 20.4. The Kier molecular flexibility index (Phi) is 6.57. The highest BCUT2D eigenvalue weighted by molar-refractivity contribution is 7.99. The Morgan fingerprint density at radius 2 is 1.85 bits per heavy atom. The zero-order chi connectivity index (χ0) is 22.8. The topological polar surface area (TPSA) is 61.0 Å². The molecule has 0 N–H and O–H groups in total. The van der Waals surface area contributed by atoms with Crippen LogP contribution in [0.15, 0.2) is 53.7 Å². The third-order valence-corrected chi connectivity index (χ3v) is 7.19. The molecule has 172 valence electrons. The zero-order valence-electron chi connectivity index (χ0n) is 18.8. The van der Waals surface area contributed by atoms with Gasteiger partial charge in [-0.3, -0.25) is 4.57 Å². The fraction of sp³-hybridized carbons (Fsp3) is 0.375. The van der Waals surface area contributed by atoms with Crippen molar-refractivity contribution in [2.24, 2.45) is 0 Å². The molecule has 2 aromatic heterocycles. The first-order valence-electron chi connectivity index (χ1n) is 11.3. The van der Waals surface area contributed by atoms with Gasteiger partial charge in [-0.25, -0.2) is 4.98 Å². The monoisotopic (exact) mass is 482 g/mol. The van der Waals surface area contributed by atoms with Crippen LogP contribution in [0.4, 0.5) is 5.95 Å². The predicted molar refractivity (Wildman–Crippen MR) is 133 cm³/mol. The first kappa shape index (κ1) is 22.3. The Labute approximate surface area is 202 Å². The molecule has 1 unspecified atom stereocenters. The molecule has 0 amide bonds. The lowest BCUT2D eigenvalue weighted by molar-refractivity contribution is 0.121. The number of anilines is 1. The van der Waals surface area contributed by atoms with Crippen LogP contribution in [0.3, 0.4) is 0 Å². The molecule has 0 radical (unpaired) electrons. The van der Waals surface area contributed by atoms with Crippen LogP contribution in [0.1, 0.15) is 30.5 Å². The van der Waals surface area contributed by atoms with Crippen LogP contribution in [-0.2, 0) is 17.8 Å². The molecule has 1 fully saturated rings. The van der Waals surface area contributed by atoms with Gasteiger partial charge in [-0.2, -0.15) is 0 Å². The normalized spacial score (nSPS) is 15.3. The Morgan fingerprint density at radius 3 is 2.61 bits per heavy atom. The van der Waals surface area contributed by atoms with E-state index in [1.807, 2.05) is 18.2 Å². The number of hydrogen-bond acceptors (Lipinski definition) is 6. The molecule has 3 heterocycles. The van der Waals surface area contributed by atoms with Crippen molar-refractivity contribution in [1.29, 1.82) is 0 Å². The number of hydrogen-bond donors (Lipinski definition) is 0. The Balaban J connectivity index is 1.48. The first-order chi connectivity index (χ1) is 16.1. The van der Waals surface area contributed by atoms with Crippen molar-refractivity contribution in [1.82, 2.24) is 24.3 Å². The van der Waals surface area contributed by atoms with E-state index in [4.69, 9.17) is 21.3 Å². The van der Waals surface area contributed by atoms with Crippen molar-refractivity contribution in [2.75, 3.05) is 31.2 Å². The second-order valence-electron chi connectivity index (χ2n) is 8.06. The van der Waals surface area contributed by atoms with Crippen LogP contribution in [0, 0.1) is 0 Å². The molecule has 7 nitrogen and oxygen atoms in total. The van der Waals surface area contributed by atoms with Gasteiger partial charge in [-0.15, -0.1) is 10.2 Å². The number of rotatable bonds is 7. The third-order valence-electron chi connectivity index (χ3n) is 5.88. The summed E-state index contributed by atoms with van der Waals surface area (Å²) in [7, 11) is 0. The van der Waals surface area contributed by atoms with E-state index >= 15 is 0 Å². The maximum Gasteiger partial charge on any atom is 0.228 e. The number of imidazole rings is 1. The van der Waals surface area contributed by atoms with Gasteiger partial charge in [0.2, 0.25) is 5.95 Å². The summed E-state index contributed by atoms with van der Waals surface area (Å²) < 4.78 is 9.97. The summed E-state index contributed by atoms with van der Waals surface area (Å²) in [5.74, 6) is 1.92. The molecule has 1 aliphatic heterocycles. The number of morpholine rings is 1. The number of fused-ring (bicyclic) bond motifs is 1. The molecule has 1 aliphatic rings. The van der Waals surface area contributed by atoms with Crippen LogP contribution in [0.2, 0.25) is 5.02 Å². The third kappa shape index (κ3) is 4.60.